The van der Waals surface area contributed by atoms with Crippen molar-refractivity contribution in [1.82, 2.24) is 4.90 Å². The van der Waals surface area contributed by atoms with E-state index in [1.807, 2.05) is 0 Å². The van der Waals surface area contributed by atoms with Gasteiger partial charge in [0.25, 0.3) is 0 Å². The summed E-state index contributed by atoms with van der Waals surface area (Å²) in [5.41, 5.74) is 0. The zero-order valence-electron chi connectivity index (χ0n) is 9.87. The fourth-order valence-corrected chi connectivity index (χ4v) is 3.18. The highest BCUT2D eigenvalue weighted by Crippen LogP contribution is 2.30. The van der Waals surface area contributed by atoms with Crippen LogP contribution < -0.4 is 0 Å². The number of hydrogen-bond acceptors (Lipinski definition) is 2. The summed E-state index contributed by atoms with van der Waals surface area (Å²) >= 11 is 0. The maximum atomic E-state index is 11.9. The first-order valence-corrected chi connectivity index (χ1v) is 6.52. The molecule has 1 aliphatic heterocycles. The van der Waals surface area contributed by atoms with E-state index in [0.29, 0.717) is 17.7 Å². The molecule has 2 atom stereocenters. The van der Waals surface area contributed by atoms with E-state index in [1.165, 1.54) is 38.5 Å². The van der Waals surface area contributed by atoms with Gasteiger partial charge in [0.15, 0.2) is 0 Å². The fraction of sp³-hybridized carbons (Fsp3) is 0.923. The number of fused-ring (bicyclic) bond motifs is 1. The highest BCUT2D eigenvalue weighted by molar-refractivity contribution is 5.82. The molecule has 1 saturated carbocycles. The topological polar surface area (TPSA) is 20.3 Å². The van der Waals surface area contributed by atoms with Crippen molar-refractivity contribution in [2.24, 2.45) is 5.92 Å². The van der Waals surface area contributed by atoms with Crippen molar-refractivity contribution in [2.45, 2.75) is 57.4 Å². The van der Waals surface area contributed by atoms with Crippen LogP contribution in [0.15, 0.2) is 0 Å². The van der Waals surface area contributed by atoms with Crippen molar-refractivity contribution in [3.8, 4) is 0 Å². The molecule has 2 unspecified atom stereocenters. The summed E-state index contributed by atoms with van der Waals surface area (Å²) in [4.78, 5) is 14.4. The zero-order valence-corrected chi connectivity index (χ0v) is 9.87. The van der Waals surface area contributed by atoms with Gasteiger partial charge in [0.05, 0.1) is 0 Å². The molecule has 0 N–H and O–H groups in total. The van der Waals surface area contributed by atoms with Crippen molar-refractivity contribution < 1.29 is 4.79 Å². The van der Waals surface area contributed by atoms with Crippen molar-refractivity contribution in [3.05, 3.63) is 0 Å². The molecule has 2 heteroatoms. The minimum Gasteiger partial charge on any atom is -0.302 e. The lowest BCUT2D eigenvalue weighted by molar-refractivity contribution is -0.129. The summed E-state index contributed by atoms with van der Waals surface area (Å²) in [6.07, 6.45) is 9.83. The van der Waals surface area contributed by atoms with Crippen molar-refractivity contribution in [3.63, 3.8) is 0 Å². The molecule has 0 aromatic rings. The second-order valence-electron chi connectivity index (χ2n) is 5.22. The average molecular weight is 209 g/mol. The Bertz CT molecular complexity index is 227. The molecule has 0 radical (unpaired) electrons. The molecule has 86 valence electrons. The highest BCUT2D eigenvalue weighted by atomic mass is 16.1. The third-order valence-electron chi connectivity index (χ3n) is 4.17. The van der Waals surface area contributed by atoms with Gasteiger partial charge in [0.1, 0.15) is 5.78 Å². The SMILES string of the molecule is CN1CCC(=O)C2CCCCCCCC21. The Morgan fingerprint density at radius 3 is 2.53 bits per heavy atom. The smallest absolute Gasteiger partial charge is 0.138 e. The molecule has 1 aliphatic carbocycles. The van der Waals surface area contributed by atoms with Gasteiger partial charge in [0.2, 0.25) is 0 Å². The van der Waals surface area contributed by atoms with E-state index in [0.717, 1.165) is 19.4 Å². The summed E-state index contributed by atoms with van der Waals surface area (Å²) < 4.78 is 0. The van der Waals surface area contributed by atoms with Gasteiger partial charge < -0.3 is 4.90 Å². The molecule has 2 nitrogen and oxygen atoms in total. The average Bonchev–Trinajstić information content (AvgIpc) is 2.35. The van der Waals surface area contributed by atoms with Crippen LogP contribution in [0.1, 0.15) is 51.4 Å². The van der Waals surface area contributed by atoms with Crippen molar-refractivity contribution in [1.29, 1.82) is 0 Å². The first-order chi connectivity index (χ1) is 7.29. The first kappa shape index (κ1) is 11.1. The van der Waals surface area contributed by atoms with Crippen LogP contribution in [-0.2, 0) is 4.79 Å². The van der Waals surface area contributed by atoms with Gasteiger partial charge in [0, 0.05) is 24.9 Å². The lowest BCUT2D eigenvalue weighted by Crippen LogP contribution is -2.47. The van der Waals surface area contributed by atoms with Gasteiger partial charge in [-0.3, -0.25) is 4.79 Å². The maximum Gasteiger partial charge on any atom is 0.138 e. The zero-order chi connectivity index (χ0) is 10.7. The van der Waals surface area contributed by atoms with Crippen LogP contribution >= 0.6 is 0 Å². The number of rotatable bonds is 0. The van der Waals surface area contributed by atoms with Gasteiger partial charge in [-0.25, -0.2) is 0 Å². The van der Waals surface area contributed by atoms with E-state index in [9.17, 15) is 4.79 Å². The van der Waals surface area contributed by atoms with E-state index in [4.69, 9.17) is 0 Å². The third kappa shape index (κ3) is 2.60. The molecular formula is C13H23NO. The number of carbonyl (C=O) groups is 1. The predicted octanol–water partition coefficient (Wildman–Crippen LogP) is 2.62. The summed E-state index contributed by atoms with van der Waals surface area (Å²) in [5, 5.41) is 0. The number of Topliss-reactive ketones (excluding diaryl/α,β-unsaturated/α-hetero) is 1. The Balaban J connectivity index is 2.06. The van der Waals surface area contributed by atoms with Gasteiger partial charge >= 0.3 is 0 Å². The van der Waals surface area contributed by atoms with Crippen molar-refractivity contribution >= 4 is 5.78 Å². The highest BCUT2D eigenvalue weighted by Gasteiger charge is 2.34. The summed E-state index contributed by atoms with van der Waals surface area (Å²) in [7, 11) is 2.20. The molecule has 1 saturated heterocycles. The van der Waals surface area contributed by atoms with Crippen LogP contribution in [0.5, 0.6) is 0 Å². The van der Waals surface area contributed by atoms with Crippen LogP contribution in [0.2, 0.25) is 0 Å². The molecule has 2 fully saturated rings. The molecular weight excluding hydrogens is 186 g/mol. The van der Waals surface area contributed by atoms with Crippen LogP contribution in [-0.4, -0.2) is 30.3 Å². The van der Waals surface area contributed by atoms with Crippen LogP contribution in [0.3, 0.4) is 0 Å². The number of nitrogens with zero attached hydrogens (tertiary/aromatic N) is 1. The van der Waals surface area contributed by atoms with E-state index in [2.05, 4.69) is 11.9 Å². The van der Waals surface area contributed by atoms with Crippen molar-refractivity contribution in [2.75, 3.05) is 13.6 Å². The summed E-state index contributed by atoms with van der Waals surface area (Å²) in [6, 6.07) is 0.560. The van der Waals surface area contributed by atoms with Crippen LogP contribution in [0.4, 0.5) is 0 Å². The molecule has 0 aromatic carbocycles. The molecule has 0 bridgehead atoms. The minimum absolute atomic E-state index is 0.363. The van der Waals surface area contributed by atoms with Gasteiger partial charge in [-0.15, -0.1) is 0 Å². The van der Waals surface area contributed by atoms with E-state index >= 15 is 0 Å². The molecule has 1 heterocycles. The first-order valence-electron chi connectivity index (χ1n) is 6.52. The Morgan fingerprint density at radius 2 is 1.73 bits per heavy atom. The second kappa shape index (κ2) is 5.11. The lowest BCUT2D eigenvalue weighted by atomic mass is 9.83. The summed E-state index contributed by atoms with van der Waals surface area (Å²) in [5.74, 6) is 0.904. The Hall–Kier alpha value is -0.370. The number of ketones is 1. The molecule has 0 spiro atoms. The maximum absolute atomic E-state index is 11.9. The number of hydrogen-bond donors (Lipinski definition) is 0. The molecule has 2 aliphatic rings. The predicted molar refractivity (Wildman–Crippen MR) is 61.9 cm³/mol. The van der Waals surface area contributed by atoms with Gasteiger partial charge in [-0.1, -0.05) is 32.1 Å². The second-order valence-corrected chi connectivity index (χ2v) is 5.22. The molecule has 0 amide bonds. The number of piperidine rings is 1. The number of carbonyl (C=O) groups excluding carboxylic acids is 1. The van der Waals surface area contributed by atoms with Gasteiger partial charge in [-0.05, 0) is 19.9 Å². The van der Waals surface area contributed by atoms with E-state index in [-0.39, 0.29) is 0 Å². The third-order valence-corrected chi connectivity index (χ3v) is 4.17. The molecule has 15 heavy (non-hydrogen) atoms. The normalized spacial score (nSPS) is 35.1. The van der Waals surface area contributed by atoms with Crippen LogP contribution in [0, 0.1) is 5.92 Å². The number of likely N-dealkylation sites (tertiary alicyclic amines) is 1. The largest absolute Gasteiger partial charge is 0.302 e. The van der Waals surface area contributed by atoms with Gasteiger partial charge in [-0.2, -0.15) is 0 Å². The molecule has 0 aromatic heterocycles. The Morgan fingerprint density at radius 1 is 1.07 bits per heavy atom. The van der Waals surface area contributed by atoms with E-state index < -0.39 is 0 Å². The monoisotopic (exact) mass is 209 g/mol. The molecule has 2 rings (SSSR count). The Kier molecular flexibility index (Phi) is 3.79. The fourth-order valence-electron chi connectivity index (χ4n) is 3.18. The standard InChI is InChI=1S/C13H23NO/c1-14-10-9-13(15)11-7-5-3-2-4-6-8-12(11)14/h11-12H,2-10H2,1H3. The van der Waals surface area contributed by atoms with Crippen LogP contribution in [0.25, 0.3) is 0 Å². The Labute approximate surface area is 93.0 Å². The minimum atomic E-state index is 0.363. The van der Waals surface area contributed by atoms with E-state index in [1.54, 1.807) is 0 Å². The lowest BCUT2D eigenvalue weighted by Gasteiger charge is -2.38. The quantitative estimate of drug-likeness (QED) is 0.611. The summed E-state index contributed by atoms with van der Waals surface area (Å²) in [6.45, 7) is 0.986.